The van der Waals surface area contributed by atoms with Crippen LogP contribution in [0.3, 0.4) is 0 Å². The normalized spacial score (nSPS) is 29.1. The largest absolute Gasteiger partial charge is 0.451 e. The number of likely N-dealkylation sites (tertiary alicyclic amines) is 1. The summed E-state index contributed by atoms with van der Waals surface area (Å²) in [5.41, 5.74) is -1.43. The Labute approximate surface area is 286 Å². The van der Waals surface area contributed by atoms with E-state index < -0.39 is 33.7 Å². The number of halogens is 1. The number of aromatic nitrogens is 2. The van der Waals surface area contributed by atoms with Crippen molar-refractivity contribution in [1.29, 1.82) is 0 Å². The van der Waals surface area contributed by atoms with Gasteiger partial charge in [-0.3, -0.25) is 4.79 Å². The van der Waals surface area contributed by atoms with Crippen LogP contribution >= 0.6 is 0 Å². The highest BCUT2D eigenvalue weighted by Gasteiger charge is 2.47. The van der Waals surface area contributed by atoms with Crippen molar-refractivity contribution < 1.29 is 36.9 Å². The van der Waals surface area contributed by atoms with Gasteiger partial charge in [0.05, 0.1) is 43.7 Å². The highest BCUT2D eigenvalue weighted by Crippen LogP contribution is 2.45. The molecule has 4 atom stereocenters. The average Bonchev–Trinajstić information content (AvgIpc) is 3.85. The molecule has 5 heterocycles. The lowest BCUT2D eigenvalue weighted by atomic mass is 9.72. The van der Waals surface area contributed by atoms with Crippen LogP contribution in [0.15, 0.2) is 30.7 Å². The topological polar surface area (TPSA) is 159 Å². The summed E-state index contributed by atoms with van der Waals surface area (Å²) in [6.45, 7) is 8.17. The minimum Gasteiger partial charge on any atom is -0.451 e. The van der Waals surface area contributed by atoms with Gasteiger partial charge in [0.1, 0.15) is 17.9 Å². The maximum absolute atomic E-state index is 14.5. The minimum atomic E-state index is -3.48. The third-order valence-corrected chi connectivity index (χ3v) is 11.6. The van der Waals surface area contributed by atoms with Gasteiger partial charge in [-0.05, 0) is 83.7 Å². The van der Waals surface area contributed by atoms with Crippen molar-refractivity contribution in [1.82, 2.24) is 29.2 Å². The average molecular weight is 704 g/mol. The van der Waals surface area contributed by atoms with Crippen LogP contribution in [0.2, 0.25) is 0 Å². The number of rotatable bonds is 10. The van der Waals surface area contributed by atoms with Gasteiger partial charge in [0.25, 0.3) is 16.1 Å². The monoisotopic (exact) mass is 703 g/mol. The van der Waals surface area contributed by atoms with Crippen LogP contribution in [-0.4, -0.2) is 122 Å². The molecule has 5 aliphatic rings. The predicted molar refractivity (Wildman–Crippen MR) is 177 cm³/mol. The maximum Gasteiger partial charge on any atom is 0.277 e. The lowest BCUT2D eigenvalue weighted by Crippen LogP contribution is -2.61. The summed E-state index contributed by atoms with van der Waals surface area (Å²) in [5.74, 6) is -0.0573. The number of nitrogens with zero attached hydrogens (tertiary/aromatic N) is 5. The van der Waals surface area contributed by atoms with Crippen molar-refractivity contribution in [3.8, 4) is 11.5 Å². The zero-order chi connectivity index (χ0) is 34.4. The number of amides is 1. The zero-order valence-electron chi connectivity index (χ0n) is 28.0. The summed E-state index contributed by atoms with van der Waals surface area (Å²) in [6.07, 6.45) is 8.53. The number of carbonyl (C=O) groups is 1. The van der Waals surface area contributed by atoms with Gasteiger partial charge in [0, 0.05) is 37.1 Å². The summed E-state index contributed by atoms with van der Waals surface area (Å²) in [6, 6.07) is 3.21. The number of aliphatic hydroxyl groups is 1. The van der Waals surface area contributed by atoms with E-state index in [0.29, 0.717) is 18.2 Å². The molecule has 2 aromatic rings. The third kappa shape index (κ3) is 7.85. The standard InChI is InChI=1S/C33H46FN7O7S/c1-22-16-46-20-32(2,43)41(22)31(42)27-13-23(34)3-8-28(27)48-29-14-35-21-36-30(29)40-18-33(19-40)9-11-39(12-10-33)15-26-7-6-25(17-47-26)38-49(44,45)37-24-4-5-24/h3,8,13-14,21-22,24-26,37-38,43H,4-7,9-12,15-20H2,1-2H3/t22-,25-,26+,32+/m1/s1. The smallest absolute Gasteiger partial charge is 0.277 e. The van der Waals surface area contributed by atoms with Crippen LogP contribution in [0.1, 0.15) is 62.7 Å². The van der Waals surface area contributed by atoms with Crippen molar-refractivity contribution in [2.45, 2.75) is 82.3 Å². The number of morpholine rings is 1. The number of nitrogens with one attached hydrogen (secondary N) is 2. The van der Waals surface area contributed by atoms with E-state index in [0.717, 1.165) is 77.3 Å². The van der Waals surface area contributed by atoms with Crippen molar-refractivity contribution >= 4 is 21.9 Å². The second-order valence-electron chi connectivity index (χ2n) is 14.6. The molecule has 14 nitrogen and oxygen atoms in total. The molecule has 4 aliphatic heterocycles. The third-order valence-electron chi connectivity index (χ3n) is 10.3. The molecule has 7 rings (SSSR count). The Morgan fingerprint density at radius 2 is 1.84 bits per heavy atom. The van der Waals surface area contributed by atoms with Crippen molar-refractivity contribution in [3.63, 3.8) is 0 Å². The van der Waals surface area contributed by atoms with Gasteiger partial charge < -0.3 is 34.0 Å². The van der Waals surface area contributed by atoms with E-state index in [-0.39, 0.29) is 48.1 Å². The molecule has 4 saturated heterocycles. The quantitative estimate of drug-likeness (QED) is 0.333. The van der Waals surface area contributed by atoms with Gasteiger partial charge in [-0.2, -0.15) is 17.9 Å². The maximum atomic E-state index is 14.5. The summed E-state index contributed by atoms with van der Waals surface area (Å²) in [7, 11) is -3.48. The van der Waals surface area contributed by atoms with E-state index in [1.807, 2.05) is 0 Å². The minimum absolute atomic E-state index is 0.0133. The highest BCUT2D eigenvalue weighted by molar-refractivity contribution is 7.87. The molecule has 1 spiro atoms. The lowest BCUT2D eigenvalue weighted by molar-refractivity contribution is -0.177. The summed E-state index contributed by atoms with van der Waals surface area (Å²) < 4.78 is 62.1. The Kier molecular flexibility index (Phi) is 9.58. The number of benzene rings is 1. The van der Waals surface area contributed by atoms with Gasteiger partial charge in [-0.1, -0.05) is 0 Å². The van der Waals surface area contributed by atoms with E-state index in [9.17, 15) is 22.7 Å². The molecule has 1 saturated carbocycles. The van der Waals surface area contributed by atoms with Gasteiger partial charge >= 0.3 is 0 Å². The first kappa shape index (κ1) is 34.5. The van der Waals surface area contributed by atoms with Crippen molar-refractivity contribution in [2.75, 3.05) is 57.4 Å². The second kappa shape index (κ2) is 13.6. The predicted octanol–water partition coefficient (Wildman–Crippen LogP) is 2.01. The first-order valence-electron chi connectivity index (χ1n) is 17.2. The molecule has 1 aliphatic carbocycles. The molecule has 268 valence electrons. The first-order valence-corrected chi connectivity index (χ1v) is 18.7. The Bertz CT molecular complexity index is 1620. The van der Waals surface area contributed by atoms with Crippen LogP contribution in [0.25, 0.3) is 0 Å². The molecule has 1 aromatic heterocycles. The van der Waals surface area contributed by atoms with Crippen molar-refractivity contribution in [2.24, 2.45) is 5.41 Å². The first-order chi connectivity index (χ1) is 23.4. The number of anilines is 1. The van der Waals surface area contributed by atoms with E-state index >= 15 is 0 Å². The number of hydrogen-bond donors (Lipinski definition) is 3. The fraction of sp³-hybridized carbons (Fsp3) is 0.667. The van der Waals surface area contributed by atoms with Gasteiger partial charge in [0.2, 0.25) is 0 Å². The fourth-order valence-electron chi connectivity index (χ4n) is 7.53. The van der Waals surface area contributed by atoms with Crippen molar-refractivity contribution in [3.05, 3.63) is 42.1 Å². The molecule has 1 amide bonds. The number of hydrogen-bond acceptors (Lipinski definition) is 11. The molecular weight excluding hydrogens is 657 g/mol. The molecule has 1 aromatic carbocycles. The summed E-state index contributed by atoms with van der Waals surface area (Å²) in [5, 5.41) is 10.9. The van der Waals surface area contributed by atoms with E-state index in [1.165, 1.54) is 30.3 Å². The molecule has 49 heavy (non-hydrogen) atoms. The molecule has 0 radical (unpaired) electrons. The molecule has 3 N–H and O–H groups in total. The molecule has 0 unspecified atom stereocenters. The van der Waals surface area contributed by atoms with E-state index in [1.54, 1.807) is 13.1 Å². The Hall–Kier alpha value is -2.99. The van der Waals surface area contributed by atoms with Crippen LogP contribution < -0.4 is 19.1 Å². The Morgan fingerprint density at radius 3 is 2.53 bits per heavy atom. The van der Waals surface area contributed by atoms with Gasteiger partial charge in [-0.15, -0.1) is 0 Å². The van der Waals surface area contributed by atoms with Gasteiger partial charge in [-0.25, -0.2) is 14.4 Å². The molecule has 5 fully saturated rings. The fourth-order valence-corrected chi connectivity index (χ4v) is 8.90. The van der Waals surface area contributed by atoms with E-state index in [2.05, 4.69) is 29.2 Å². The zero-order valence-corrected chi connectivity index (χ0v) is 28.8. The lowest BCUT2D eigenvalue weighted by Gasteiger charge is -2.54. The molecule has 16 heteroatoms. The Morgan fingerprint density at radius 1 is 1.10 bits per heavy atom. The second-order valence-corrected chi connectivity index (χ2v) is 16.1. The van der Waals surface area contributed by atoms with E-state index in [4.69, 9.17) is 14.2 Å². The van der Waals surface area contributed by atoms with Gasteiger partial charge in [0.15, 0.2) is 17.3 Å². The van der Waals surface area contributed by atoms with Crippen LogP contribution in [-0.2, 0) is 19.7 Å². The summed E-state index contributed by atoms with van der Waals surface area (Å²) >= 11 is 0. The highest BCUT2D eigenvalue weighted by atomic mass is 32.2. The molecule has 0 bridgehead atoms. The number of piperidine rings is 1. The van der Waals surface area contributed by atoms with Crippen LogP contribution in [0.4, 0.5) is 10.2 Å². The summed E-state index contributed by atoms with van der Waals surface area (Å²) in [4.78, 5) is 28.3. The SMILES string of the molecule is C[C@@H]1COC[C@](C)(O)N1C(=O)c1cc(F)ccc1Oc1cncnc1N1CC2(CCN(C[C@@H]3CC[C@@H](NS(=O)(=O)NC4CC4)CO3)CC2)C1. The number of ether oxygens (including phenoxy) is 3. The molecular formula is C33H46FN7O7S. The van der Waals surface area contributed by atoms with Crippen LogP contribution in [0.5, 0.6) is 11.5 Å². The Balaban J connectivity index is 0.929. The van der Waals surface area contributed by atoms with Crippen LogP contribution in [0, 0.1) is 11.2 Å². The number of carbonyl (C=O) groups excluding carboxylic acids is 1.